The minimum Gasteiger partial charge on any atom is -0.506 e. The normalized spacial score (nSPS) is 21.6. The highest BCUT2D eigenvalue weighted by Gasteiger charge is 2.54. The van der Waals surface area contributed by atoms with Crippen LogP contribution >= 0.6 is 11.6 Å². The SMILES string of the molecule is CCOC(=O)CCCN1c2cc3c(cc2C(C)CC1(C)C)C1(OC(=O)c2ccccc21)c1cc(Cl)c(O)cc1O3. The van der Waals surface area contributed by atoms with E-state index in [1.165, 1.54) is 6.07 Å². The molecule has 2 atom stereocenters. The van der Waals surface area contributed by atoms with Crippen LogP contribution in [0.25, 0.3) is 0 Å². The topological polar surface area (TPSA) is 85.3 Å². The Kier molecular flexibility index (Phi) is 6.26. The fourth-order valence-electron chi connectivity index (χ4n) is 6.69. The van der Waals surface area contributed by atoms with E-state index in [0.29, 0.717) is 54.2 Å². The summed E-state index contributed by atoms with van der Waals surface area (Å²) in [5.41, 5.74) is 3.17. The molecule has 40 heavy (non-hydrogen) atoms. The number of phenols is 1. The first-order valence-electron chi connectivity index (χ1n) is 13.7. The van der Waals surface area contributed by atoms with Crippen LogP contribution in [-0.2, 0) is 19.9 Å². The molecular formula is C32H32ClNO6. The second kappa shape index (κ2) is 9.44. The van der Waals surface area contributed by atoms with Crippen molar-refractivity contribution < 1.29 is 28.9 Å². The van der Waals surface area contributed by atoms with Crippen molar-refractivity contribution in [3.8, 4) is 17.2 Å². The number of nitrogens with zero attached hydrogens (tertiary/aromatic N) is 1. The van der Waals surface area contributed by atoms with Gasteiger partial charge >= 0.3 is 11.9 Å². The number of hydrogen-bond donors (Lipinski definition) is 1. The van der Waals surface area contributed by atoms with Gasteiger partial charge in [0.1, 0.15) is 17.2 Å². The average Bonchev–Trinajstić information content (AvgIpc) is 3.19. The van der Waals surface area contributed by atoms with Gasteiger partial charge in [0, 0.05) is 53.0 Å². The van der Waals surface area contributed by atoms with Crippen molar-refractivity contribution in [2.45, 2.75) is 64.0 Å². The highest BCUT2D eigenvalue weighted by Crippen LogP contribution is 2.59. The number of carbonyl (C=O) groups excluding carboxylic acids is 2. The third-order valence-electron chi connectivity index (χ3n) is 8.35. The van der Waals surface area contributed by atoms with Crippen molar-refractivity contribution in [2.75, 3.05) is 18.1 Å². The van der Waals surface area contributed by atoms with Gasteiger partial charge in [0.05, 0.1) is 17.2 Å². The first-order valence-corrected chi connectivity index (χ1v) is 14.1. The maximum atomic E-state index is 13.2. The summed E-state index contributed by atoms with van der Waals surface area (Å²) in [5, 5.41) is 10.6. The smallest absolute Gasteiger partial charge is 0.340 e. The van der Waals surface area contributed by atoms with E-state index >= 15 is 0 Å². The number of benzene rings is 3. The monoisotopic (exact) mass is 561 g/mol. The molecule has 0 aliphatic carbocycles. The van der Waals surface area contributed by atoms with Crippen LogP contribution in [0.2, 0.25) is 5.02 Å². The Morgan fingerprint density at radius 3 is 2.62 bits per heavy atom. The number of rotatable bonds is 5. The Balaban J connectivity index is 1.53. The highest BCUT2D eigenvalue weighted by molar-refractivity contribution is 6.32. The summed E-state index contributed by atoms with van der Waals surface area (Å²) in [6, 6.07) is 14.6. The number of halogens is 1. The molecule has 6 rings (SSSR count). The van der Waals surface area contributed by atoms with E-state index in [9.17, 15) is 14.7 Å². The molecule has 1 spiro atoms. The second-order valence-electron chi connectivity index (χ2n) is 11.4. The van der Waals surface area contributed by atoms with Crippen LogP contribution in [0.1, 0.15) is 85.5 Å². The van der Waals surface area contributed by atoms with E-state index in [1.807, 2.05) is 31.2 Å². The number of ether oxygens (including phenoxy) is 3. The minimum absolute atomic E-state index is 0.120. The lowest BCUT2D eigenvalue weighted by atomic mass is 9.74. The molecule has 3 aliphatic heterocycles. The molecule has 0 radical (unpaired) electrons. The van der Waals surface area contributed by atoms with Crippen molar-refractivity contribution >= 4 is 29.2 Å². The van der Waals surface area contributed by atoms with Crippen LogP contribution in [0.15, 0.2) is 48.5 Å². The zero-order chi connectivity index (χ0) is 28.4. The summed E-state index contributed by atoms with van der Waals surface area (Å²) < 4.78 is 17.9. The molecule has 0 fully saturated rings. The Labute approximate surface area is 238 Å². The molecule has 0 saturated heterocycles. The van der Waals surface area contributed by atoms with E-state index in [-0.39, 0.29) is 28.2 Å². The van der Waals surface area contributed by atoms with Gasteiger partial charge in [-0.2, -0.15) is 0 Å². The van der Waals surface area contributed by atoms with Gasteiger partial charge in [0.2, 0.25) is 0 Å². The first-order chi connectivity index (χ1) is 19.1. The van der Waals surface area contributed by atoms with Crippen LogP contribution in [0.4, 0.5) is 5.69 Å². The standard InChI is InChI=1S/C32H32ClNO6/c1-5-38-29(36)11-8-12-34-25-15-27-22(13-20(25)18(2)17-31(34,3)4)32(21-10-7-6-9-19(21)30(37)40-32)23-14-24(33)26(35)16-28(23)39-27/h6-7,9-10,13-16,18,35H,5,8,11-12,17H2,1-4H3. The predicted molar refractivity (Wildman–Crippen MR) is 152 cm³/mol. The molecule has 3 aliphatic rings. The molecule has 8 heteroatoms. The Morgan fingerprint density at radius 2 is 1.85 bits per heavy atom. The summed E-state index contributed by atoms with van der Waals surface area (Å²) in [5.74, 6) is 0.383. The fraction of sp³-hybridized carbons (Fsp3) is 0.375. The van der Waals surface area contributed by atoms with Crippen molar-refractivity contribution in [1.82, 2.24) is 0 Å². The first kappa shape index (κ1) is 26.5. The largest absolute Gasteiger partial charge is 0.506 e. The number of hydrogen-bond acceptors (Lipinski definition) is 7. The second-order valence-corrected chi connectivity index (χ2v) is 11.8. The molecule has 0 bridgehead atoms. The highest BCUT2D eigenvalue weighted by atomic mass is 35.5. The number of aromatic hydroxyl groups is 1. The van der Waals surface area contributed by atoms with Crippen molar-refractivity contribution in [2.24, 2.45) is 0 Å². The molecule has 0 saturated carbocycles. The summed E-state index contributed by atoms with van der Waals surface area (Å²) >= 11 is 6.39. The Bertz CT molecular complexity index is 1550. The summed E-state index contributed by atoms with van der Waals surface area (Å²) in [7, 11) is 0. The van der Waals surface area contributed by atoms with Crippen LogP contribution in [-0.4, -0.2) is 35.7 Å². The van der Waals surface area contributed by atoms with Gasteiger partial charge < -0.3 is 24.2 Å². The van der Waals surface area contributed by atoms with E-state index < -0.39 is 11.6 Å². The summed E-state index contributed by atoms with van der Waals surface area (Å²) in [6.07, 6.45) is 1.90. The lowest BCUT2D eigenvalue weighted by molar-refractivity contribution is -0.143. The van der Waals surface area contributed by atoms with Crippen molar-refractivity contribution in [1.29, 1.82) is 0 Å². The third kappa shape index (κ3) is 3.93. The molecule has 7 nitrogen and oxygen atoms in total. The van der Waals surface area contributed by atoms with E-state index in [4.69, 9.17) is 25.8 Å². The van der Waals surface area contributed by atoms with Gasteiger partial charge in [-0.05, 0) is 63.3 Å². The van der Waals surface area contributed by atoms with Gasteiger partial charge in [0.25, 0.3) is 0 Å². The van der Waals surface area contributed by atoms with Gasteiger partial charge in [-0.15, -0.1) is 0 Å². The molecule has 0 amide bonds. The predicted octanol–water partition coefficient (Wildman–Crippen LogP) is 7.05. The molecule has 208 valence electrons. The van der Waals surface area contributed by atoms with Gasteiger partial charge in [-0.3, -0.25) is 4.79 Å². The molecule has 3 aromatic rings. The number of phenolic OH excluding ortho intramolecular Hbond substituents is 1. The van der Waals surface area contributed by atoms with Gasteiger partial charge in [-0.1, -0.05) is 36.7 Å². The zero-order valence-electron chi connectivity index (χ0n) is 23.0. The van der Waals surface area contributed by atoms with Crippen LogP contribution in [0.3, 0.4) is 0 Å². The average molecular weight is 562 g/mol. The van der Waals surface area contributed by atoms with E-state index in [1.54, 1.807) is 12.1 Å². The lowest BCUT2D eigenvalue weighted by Crippen LogP contribution is -2.49. The van der Waals surface area contributed by atoms with Crippen LogP contribution < -0.4 is 9.64 Å². The Morgan fingerprint density at radius 1 is 1.12 bits per heavy atom. The van der Waals surface area contributed by atoms with E-state index in [2.05, 4.69) is 31.7 Å². The third-order valence-corrected chi connectivity index (χ3v) is 8.66. The molecule has 3 aromatic carbocycles. The number of anilines is 1. The Hall–Kier alpha value is -3.71. The molecule has 3 heterocycles. The van der Waals surface area contributed by atoms with Crippen LogP contribution in [0, 0.1) is 0 Å². The van der Waals surface area contributed by atoms with Gasteiger partial charge in [-0.25, -0.2) is 4.79 Å². The molecule has 1 N–H and O–H groups in total. The summed E-state index contributed by atoms with van der Waals surface area (Å²) in [6.45, 7) is 9.48. The van der Waals surface area contributed by atoms with Crippen molar-refractivity contribution in [3.05, 3.63) is 81.4 Å². The number of esters is 2. The quantitative estimate of drug-likeness (QED) is 0.334. The van der Waals surface area contributed by atoms with Crippen LogP contribution in [0.5, 0.6) is 17.2 Å². The van der Waals surface area contributed by atoms with Gasteiger partial charge in [0.15, 0.2) is 5.60 Å². The minimum atomic E-state index is -1.27. The number of carbonyl (C=O) groups is 2. The summed E-state index contributed by atoms with van der Waals surface area (Å²) in [4.78, 5) is 27.6. The maximum Gasteiger partial charge on any atom is 0.340 e. The zero-order valence-corrected chi connectivity index (χ0v) is 23.8. The fourth-order valence-corrected chi connectivity index (χ4v) is 6.85. The van der Waals surface area contributed by atoms with Crippen molar-refractivity contribution in [3.63, 3.8) is 0 Å². The molecule has 0 aromatic heterocycles. The molecular weight excluding hydrogens is 530 g/mol. The molecule has 2 unspecified atom stereocenters. The lowest BCUT2D eigenvalue weighted by Gasteiger charge is -2.48. The maximum absolute atomic E-state index is 13.2. The van der Waals surface area contributed by atoms with E-state index in [0.717, 1.165) is 23.2 Å². The number of fused-ring (bicyclic) bond motifs is 7.